The van der Waals surface area contributed by atoms with Crippen LogP contribution in [0.25, 0.3) is 0 Å². The van der Waals surface area contributed by atoms with Crippen molar-refractivity contribution in [2.75, 3.05) is 13.6 Å². The van der Waals surface area contributed by atoms with E-state index in [0.717, 1.165) is 10.7 Å². The van der Waals surface area contributed by atoms with Crippen LogP contribution in [0.5, 0.6) is 0 Å². The van der Waals surface area contributed by atoms with E-state index in [9.17, 15) is 13.2 Å². The molecule has 1 atom stereocenters. The third-order valence-electron chi connectivity index (χ3n) is 3.45. The Bertz CT molecular complexity index is 809. The molecule has 2 aromatic heterocycles. The summed E-state index contributed by atoms with van der Waals surface area (Å²) in [6.07, 6.45) is 0.206. The molecule has 0 saturated carbocycles. The lowest BCUT2D eigenvalue weighted by Gasteiger charge is -2.29. The zero-order chi connectivity index (χ0) is 15.9. The second-order valence-corrected chi connectivity index (χ2v) is 9.11. The predicted molar refractivity (Wildman–Crippen MR) is 85.6 cm³/mol. The van der Waals surface area contributed by atoms with Gasteiger partial charge in [-0.3, -0.25) is 4.79 Å². The monoisotopic (exact) mass is 357 g/mol. The summed E-state index contributed by atoms with van der Waals surface area (Å²) < 4.78 is 25.7. The molecule has 118 valence electrons. The Morgan fingerprint density at radius 1 is 1.50 bits per heavy atom. The number of thiazole rings is 1. The highest BCUT2D eigenvalue weighted by Crippen LogP contribution is 2.35. The number of fused-ring (bicyclic) bond motifs is 1. The van der Waals surface area contributed by atoms with Gasteiger partial charge in [0.25, 0.3) is 0 Å². The first-order valence-corrected chi connectivity index (χ1v) is 9.82. The summed E-state index contributed by atoms with van der Waals surface area (Å²) in [7, 11) is -1.89. The Kier molecular flexibility index (Phi) is 4.06. The van der Waals surface area contributed by atoms with E-state index < -0.39 is 10.0 Å². The molecule has 1 N–H and O–H groups in total. The van der Waals surface area contributed by atoms with Gasteiger partial charge in [-0.1, -0.05) is 0 Å². The number of hydrogen-bond acceptors (Lipinski definition) is 6. The Morgan fingerprint density at radius 3 is 2.95 bits per heavy atom. The molecule has 0 saturated heterocycles. The first-order chi connectivity index (χ1) is 10.4. The Morgan fingerprint density at radius 2 is 2.27 bits per heavy atom. The molecule has 6 nitrogen and oxygen atoms in total. The summed E-state index contributed by atoms with van der Waals surface area (Å²) in [6.45, 7) is 2.14. The maximum atomic E-state index is 12.2. The van der Waals surface area contributed by atoms with Gasteiger partial charge in [-0.05, 0) is 18.4 Å². The lowest BCUT2D eigenvalue weighted by molar-refractivity contribution is -0.121. The van der Waals surface area contributed by atoms with Crippen molar-refractivity contribution >= 4 is 38.6 Å². The molecule has 1 aliphatic heterocycles. The highest BCUT2D eigenvalue weighted by atomic mass is 32.2. The van der Waals surface area contributed by atoms with Crippen LogP contribution in [0.1, 0.15) is 21.6 Å². The van der Waals surface area contributed by atoms with Crippen molar-refractivity contribution < 1.29 is 13.2 Å². The van der Waals surface area contributed by atoms with Crippen LogP contribution in [-0.4, -0.2) is 37.2 Å². The summed E-state index contributed by atoms with van der Waals surface area (Å²) in [5, 5.41) is 7.44. The van der Waals surface area contributed by atoms with E-state index in [1.807, 2.05) is 12.3 Å². The zero-order valence-corrected chi connectivity index (χ0v) is 14.5. The summed E-state index contributed by atoms with van der Waals surface area (Å²) >= 11 is 2.86. The molecule has 3 rings (SSSR count). The SMILES string of the molecule is Cc1nc(CC(=O)N[C@H]2CN(C)S(=O)(=O)c3ccsc32)cs1. The molecule has 2 aromatic rings. The van der Waals surface area contributed by atoms with Crippen molar-refractivity contribution in [2.45, 2.75) is 24.3 Å². The smallest absolute Gasteiger partial charge is 0.244 e. The molecule has 9 heteroatoms. The van der Waals surface area contributed by atoms with E-state index in [0.29, 0.717) is 9.77 Å². The number of amides is 1. The summed E-state index contributed by atoms with van der Waals surface area (Å²) in [4.78, 5) is 17.4. The second kappa shape index (κ2) is 5.73. The second-order valence-electron chi connectivity index (χ2n) is 5.09. The van der Waals surface area contributed by atoms with Crippen LogP contribution < -0.4 is 5.32 Å². The molecular weight excluding hydrogens is 342 g/mol. The molecular formula is C13H15N3O3S3. The number of nitrogens with one attached hydrogen (secondary N) is 1. The van der Waals surface area contributed by atoms with Crippen LogP contribution in [0.4, 0.5) is 0 Å². The first-order valence-electron chi connectivity index (χ1n) is 6.62. The summed E-state index contributed by atoms with van der Waals surface area (Å²) in [5.41, 5.74) is 0.739. The minimum atomic E-state index is -3.42. The Balaban J connectivity index is 1.77. The normalized spacial score (nSPS) is 20.5. The van der Waals surface area contributed by atoms with E-state index in [4.69, 9.17) is 0 Å². The zero-order valence-electron chi connectivity index (χ0n) is 12.1. The molecule has 0 aromatic carbocycles. The molecule has 0 spiro atoms. The fourth-order valence-corrected chi connectivity index (χ4v) is 5.70. The third kappa shape index (κ3) is 2.81. The molecule has 3 heterocycles. The third-order valence-corrected chi connectivity index (χ3v) is 7.31. The highest BCUT2D eigenvalue weighted by molar-refractivity contribution is 7.89. The largest absolute Gasteiger partial charge is 0.347 e. The molecule has 1 amide bonds. The lowest BCUT2D eigenvalue weighted by Crippen LogP contribution is -2.43. The number of aromatic nitrogens is 1. The molecule has 22 heavy (non-hydrogen) atoms. The number of likely N-dealkylation sites (N-methyl/N-ethyl adjacent to an activating group) is 1. The van der Waals surface area contributed by atoms with Crippen molar-refractivity contribution in [2.24, 2.45) is 0 Å². The number of carbonyl (C=O) groups is 1. The van der Waals surface area contributed by atoms with Crippen molar-refractivity contribution in [3.8, 4) is 0 Å². The van der Waals surface area contributed by atoms with Crippen LogP contribution in [0.15, 0.2) is 21.7 Å². The van der Waals surface area contributed by atoms with E-state index in [1.54, 1.807) is 11.4 Å². The van der Waals surface area contributed by atoms with Gasteiger partial charge in [0.2, 0.25) is 15.9 Å². The molecule has 0 radical (unpaired) electrons. The number of thiophene rings is 1. The van der Waals surface area contributed by atoms with Gasteiger partial charge in [0, 0.05) is 23.8 Å². The van der Waals surface area contributed by atoms with Crippen LogP contribution in [-0.2, 0) is 21.2 Å². The van der Waals surface area contributed by atoms with E-state index in [2.05, 4.69) is 10.3 Å². The van der Waals surface area contributed by atoms with Gasteiger partial charge in [-0.25, -0.2) is 13.4 Å². The molecule has 0 bridgehead atoms. The van der Waals surface area contributed by atoms with E-state index in [-0.39, 0.29) is 24.9 Å². The molecule has 0 aliphatic carbocycles. The van der Waals surface area contributed by atoms with Gasteiger partial charge in [-0.2, -0.15) is 4.31 Å². The first kappa shape index (κ1) is 15.6. The van der Waals surface area contributed by atoms with Gasteiger partial charge in [0.1, 0.15) is 0 Å². The van der Waals surface area contributed by atoms with Gasteiger partial charge in [-0.15, -0.1) is 22.7 Å². The van der Waals surface area contributed by atoms with Crippen LogP contribution in [0, 0.1) is 6.92 Å². The number of nitrogens with zero attached hydrogens (tertiary/aromatic N) is 2. The Labute approximate surface area is 136 Å². The predicted octanol–water partition coefficient (Wildman–Crippen LogP) is 1.55. The average molecular weight is 357 g/mol. The van der Waals surface area contributed by atoms with Crippen molar-refractivity contribution in [3.63, 3.8) is 0 Å². The number of hydrogen-bond donors (Lipinski definition) is 1. The van der Waals surface area contributed by atoms with Crippen molar-refractivity contribution in [1.29, 1.82) is 0 Å². The van der Waals surface area contributed by atoms with Gasteiger partial charge in [0.05, 0.1) is 28.1 Å². The minimum Gasteiger partial charge on any atom is -0.347 e. The van der Waals surface area contributed by atoms with Gasteiger partial charge < -0.3 is 5.32 Å². The van der Waals surface area contributed by atoms with Crippen LogP contribution in [0.2, 0.25) is 0 Å². The summed E-state index contributed by atoms with van der Waals surface area (Å²) in [5.74, 6) is -0.151. The van der Waals surface area contributed by atoms with Crippen molar-refractivity contribution in [1.82, 2.24) is 14.6 Å². The van der Waals surface area contributed by atoms with Crippen molar-refractivity contribution in [3.05, 3.63) is 32.4 Å². The van der Waals surface area contributed by atoms with Gasteiger partial charge in [0.15, 0.2) is 0 Å². The van der Waals surface area contributed by atoms with Crippen LogP contribution >= 0.6 is 22.7 Å². The number of aryl methyl sites for hydroxylation is 1. The molecule has 0 fully saturated rings. The topological polar surface area (TPSA) is 79.4 Å². The van der Waals surface area contributed by atoms with E-state index in [1.165, 1.54) is 34.0 Å². The molecule has 1 aliphatic rings. The summed E-state index contributed by atoms with van der Waals surface area (Å²) in [6, 6.07) is 1.28. The lowest BCUT2D eigenvalue weighted by atomic mass is 10.2. The number of carbonyl (C=O) groups excluding carboxylic acids is 1. The Hall–Kier alpha value is -1.29. The average Bonchev–Trinajstić information content (AvgIpc) is 3.06. The fourth-order valence-electron chi connectivity index (χ4n) is 2.39. The highest BCUT2D eigenvalue weighted by Gasteiger charge is 2.36. The number of rotatable bonds is 3. The minimum absolute atomic E-state index is 0.151. The van der Waals surface area contributed by atoms with Crippen LogP contribution in [0.3, 0.4) is 0 Å². The quantitative estimate of drug-likeness (QED) is 0.904. The number of sulfonamides is 1. The maximum absolute atomic E-state index is 12.2. The van der Waals surface area contributed by atoms with E-state index >= 15 is 0 Å². The standard InChI is InChI=1S/C13H15N3O3S3/c1-8-14-9(7-21-8)5-12(17)15-10-6-16(2)22(18,19)11-3-4-20-13(10)11/h3-4,7,10H,5-6H2,1-2H3,(H,15,17)/t10-/m0/s1. The fraction of sp³-hybridized carbons (Fsp3) is 0.385. The molecule has 0 unspecified atom stereocenters. The maximum Gasteiger partial charge on any atom is 0.244 e. The van der Waals surface area contributed by atoms with Gasteiger partial charge >= 0.3 is 0 Å².